The Balaban J connectivity index is 1.40. The van der Waals surface area contributed by atoms with Gasteiger partial charge in [0.2, 0.25) is 0 Å². The van der Waals surface area contributed by atoms with Gasteiger partial charge in [-0.15, -0.1) is 0 Å². The fourth-order valence-corrected chi connectivity index (χ4v) is 3.53. The summed E-state index contributed by atoms with van der Waals surface area (Å²) in [5.41, 5.74) is 1.63. The van der Waals surface area contributed by atoms with E-state index in [-0.39, 0.29) is 5.43 Å². The average molecular weight is 329 g/mol. The molecule has 0 amide bonds. The van der Waals surface area contributed by atoms with Gasteiger partial charge in [0.25, 0.3) is 0 Å². The average Bonchev–Trinajstić information content (AvgIpc) is 3.08. The molecule has 0 atom stereocenters. The number of hydrogen-bond donors (Lipinski definition) is 0. The molecule has 24 heavy (non-hydrogen) atoms. The molecule has 2 aromatic rings. The second-order valence-corrected chi connectivity index (χ2v) is 6.50. The first kappa shape index (κ1) is 15.7. The highest BCUT2D eigenvalue weighted by Gasteiger charge is 2.19. The van der Waals surface area contributed by atoms with Gasteiger partial charge in [0, 0.05) is 37.7 Å². The van der Waals surface area contributed by atoms with E-state index in [0.717, 1.165) is 75.6 Å². The summed E-state index contributed by atoms with van der Waals surface area (Å²) in [4.78, 5) is 14.8. The molecule has 2 heterocycles. The van der Waals surface area contributed by atoms with Crippen molar-refractivity contribution in [1.82, 2.24) is 4.90 Å². The van der Waals surface area contributed by atoms with E-state index in [2.05, 4.69) is 4.90 Å². The molecule has 0 bridgehead atoms. The van der Waals surface area contributed by atoms with Gasteiger partial charge in [-0.1, -0.05) is 0 Å². The molecule has 0 saturated carbocycles. The first-order valence-electron chi connectivity index (χ1n) is 8.83. The predicted molar refractivity (Wildman–Crippen MR) is 91.9 cm³/mol. The molecule has 0 unspecified atom stereocenters. The maximum atomic E-state index is 12.5. The van der Waals surface area contributed by atoms with Crippen LogP contribution in [0.25, 0.3) is 11.0 Å². The molecule has 0 N–H and O–H groups in total. The first-order valence-corrected chi connectivity index (χ1v) is 8.83. The maximum Gasteiger partial charge on any atom is 0.196 e. The Morgan fingerprint density at radius 3 is 2.92 bits per heavy atom. The molecule has 4 rings (SSSR count). The number of rotatable bonds is 5. The second-order valence-electron chi connectivity index (χ2n) is 6.50. The van der Waals surface area contributed by atoms with E-state index < -0.39 is 0 Å². The van der Waals surface area contributed by atoms with Crippen LogP contribution < -0.4 is 10.2 Å². The molecular formula is C19H23NO4. The zero-order valence-corrected chi connectivity index (χ0v) is 13.9. The monoisotopic (exact) mass is 329 g/mol. The number of morpholine rings is 1. The fraction of sp³-hybridized carbons (Fsp3) is 0.526. The van der Waals surface area contributed by atoms with Crippen LogP contribution >= 0.6 is 0 Å². The lowest BCUT2D eigenvalue weighted by molar-refractivity contribution is 0.0358. The van der Waals surface area contributed by atoms with E-state index in [1.54, 1.807) is 0 Å². The summed E-state index contributed by atoms with van der Waals surface area (Å²) >= 11 is 0. The van der Waals surface area contributed by atoms with Gasteiger partial charge in [-0.25, -0.2) is 0 Å². The summed E-state index contributed by atoms with van der Waals surface area (Å²) in [5, 5.41) is 0.663. The molecule has 5 nitrogen and oxygen atoms in total. The van der Waals surface area contributed by atoms with Crippen molar-refractivity contribution >= 4 is 11.0 Å². The van der Waals surface area contributed by atoms with Crippen molar-refractivity contribution in [2.45, 2.75) is 25.7 Å². The molecule has 1 saturated heterocycles. The maximum absolute atomic E-state index is 12.5. The molecular weight excluding hydrogens is 306 g/mol. The molecule has 2 aliphatic rings. The third-order valence-corrected chi connectivity index (χ3v) is 4.86. The van der Waals surface area contributed by atoms with E-state index in [9.17, 15) is 4.79 Å². The van der Waals surface area contributed by atoms with Crippen molar-refractivity contribution in [1.29, 1.82) is 0 Å². The molecule has 1 aliphatic carbocycles. The Hall–Kier alpha value is -1.85. The van der Waals surface area contributed by atoms with Gasteiger partial charge < -0.3 is 13.9 Å². The minimum Gasteiger partial charge on any atom is -0.493 e. The van der Waals surface area contributed by atoms with E-state index in [4.69, 9.17) is 13.9 Å². The van der Waals surface area contributed by atoms with Crippen LogP contribution in [0.3, 0.4) is 0 Å². The van der Waals surface area contributed by atoms with Crippen molar-refractivity contribution in [2.75, 3.05) is 39.5 Å². The number of ether oxygens (including phenoxy) is 2. The van der Waals surface area contributed by atoms with Crippen LogP contribution in [0.4, 0.5) is 0 Å². The van der Waals surface area contributed by atoms with Crippen LogP contribution in [0, 0.1) is 0 Å². The molecule has 1 aromatic heterocycles. The van der Waals surface area contributed by atoms with E-state index in [1.165, 1.54) is 0 Å². The summed E-state index contributed by atoms with van der Waals surface area (Å²) in [5.74, 6) is 1.63. The largest absolute Gasteiger partial charge is 0.493 e. The van der Waals surface area contributed by atoms with Crippen LogP contribution in [-0.4, -0.2) is 44.4 Å². The van der Waals surface area contributed by atoms with Crippen LogP contribution in [0.1, 0.15) is 24.2 Å². The summed E-state index contributed by atoms with van der Waals surface area (Å²) in [6.07, 6.45) is 3.69. The van der Waals surface area contributed by atoms with Gasteiger partial charge in [0.05, 0.1) is 25.2 Å². The Bertz CT molecular complexity index is 777. The number of hydrogen-bond acceptors (Lipinski definition) is 5. The lowest BCUT2D eigenvalue weighted by Gasteiger charge is -2.26. The van der Waals surface area contributed by atoms with Crippen molar-refractivity contribution in [2.24, 2.45) is 0 Å². The van der Waals surface area contributed by atoms with Crippen molar-refractivity contribution in [3.05, 3.63) is 39.7 Å². The van der Waals surface area contributed by atoms with E-state index >= 15 is 0 Å². The Morgan fingerprint density at radius 1 is 1.17 bits per heavy atom. The summed E-state index contributed by atoms with van der Waals surface area (Å²) < 4.78 is 17.1. The quantitative estimate of drug-likeness (QED) is 0.789. The third-order valence-electron chi connectivity index (χ3n) is 4.86. The Kier molecular flexibility index (Phi) is 4.54. The van der Waals surface area contributed by atoms with Crippen LogP contribution in [-0.2, 0) is 17.6 Å². The zero-order chi connectivity index (χ0) is 16.4. The molecule has 0 spiro atoms. The number of fused-ring (bicyclic) bond motifs is 2. The van der Waals surface area contributed by atoms with Crippen molar-refractivity contribution in [3.8, 4) is 5.75 Å². The van der Waals surface area contributed by atoms with Crippen LogP contribution in [0.15, 0.2) is 27.4 Å². The van der Waals surface area contributed by atoms with Gasteiger partial charge in [0.1, 0.15) is 17.1 Å². The summed E-state index contributed by atoms with van der Waals surface area (Å²) in [6.45, 7) is 5.36. The molecule has 1 aromatic carbocycles. The SMILES string of the molecule is O=c1c2c(oc3cc(OCCCN4CCOCC4)ccc13)CCC2. The highest BCUT2D eigenvalue weighted by atomic mass is 16.5. The molecule has 1 aliphatic heterocycles. The smallest absolute Gasteiger partial charge is 0.196 e. The van der Waals surface area contributed by atoms with Crippen LogP contribution in [0.5, 0.6) is 5.75 Å². The van der Waals surface area contributed by atoms with Gasteiger partial charge in [-0.05, 0) is 31.4 Å². The topological polar surface area (TPSA) is 51.9 Å². The first-order chi connectivity index (χ1) is 11.8. The van der Waals surface area contributed by atoms with Gasteiger partial charge >= 0.3 is 0 Å². The number of nitrogens with zero attached hydrogens (tertiary/aromatic N) is 1. The number of benzene rings is 1. The lowest BCUT2D eigenvalue weighted by atomic mass is 10.1. The van der Waals surface area contributed by atoms with Gasteiger partial charge in [0.15, 0.2) is 5.43 Å². The second kappa shape index (κ2) is 6.95. The Morgan fingerprint density at radius 2 is 2.04 bits per heavy atom. The fourth-order valence-electron chi connectivity index (χ4n) is 3.53. The standard InChI is InChI=1S/C19H23NO4/c21-19-15-3-1-4-17(15)24-18-13-14(5-6-16(18)19)23-10-2-7-20-8-11-22-12-9-20/h5-6,13H,1-4,7-12H2. The highest BCUT2D eigenvalue weighted by Crippen LogP contribution is 2.26. The molecule has 1 fully saturated rings. The number of aryl methyl sites for hydroxylation is 1. The predicted octanol–water partition coefficient (Wildman–Crippen LogP) is 2.38. The van der Waals surface area contributed by atoms with E-state index in [0.29, 0.717) is 17.6 Å². The summed E-state index contributed by atoms with van der Waals surface area (Å²) in [6, 6.07) is 5.55. The zero-order valence-electron chi connectivity index (χ0n) is 13.9. The third kappa shape index (κ3) is 3.19. The lowest BCUT2D eigenvalue weighted by Crippen LogP contribution is -2.37. The van der Waals surface area contributed by atoms with Crippen molar-refractivity contribution in [3.63, 3.8) is 0 Å². The molecule has 5 heteroatoms. The van der Waals surface area contributed by atoms with Crippen LogP contribution in [0.2, 0.25) is 0 Å². The highest BCUT2D eigenvalue weighted by molar-refractivity contribution is 5.79. The normalized spacial score (nSPS) is 18.0. The Labute approximate surface area is 141 Å². The molecule has 128 valence electrons. The van der Waals surface area contributed by atoms with Gasteiger partial charge in [-0.3, -0.25) is 9.69 Å². The minimum absolute atomic E-state index is 0.127. The van der Waals surface area contributed by atoms with E-state index in [1.807, 2.05) is 18.2 Å². The van der Waals surface area contributed by atoms with Crippen molar-refractivity contribution < 1.29 is 13.9 Å². The molecule has 0 radical (unpaired) electrons. The summed E-state index contributed by atoms with van der Waals surface area (Å²) in [7, 11) is 0. The minimum atomic E-state index is 0.127. The van der Waals surface area contributed by atoms with Gasteiger partial charge in [-0.2, -0.15) is 0 Å².